The first kappa shape index (κ1) is 15.8. The van der Waals surface area contributed by atoms with E-state index in [1.165, 1.54) is 30.4 Å². The smallest absolute Gasteiger partial charge is 0.0625 e. The van der Waals surface area contributed by atoms with Crippen molar-refractivity contribution in [3.8, 4) is 6.07 Å². The lowest BCUT2D eigenvalue weighted by atomic mass is 9.97. The average molecular weight is 304 g/mol. The van der Waals surface area contributed by atoms with E-state index in [0.29, 0.717) is 18.4 Å². The molecule has 0 amide bonds. The van der Waals surface area contributed by atoms with Crippen LogP contribution in [0, 0.1) is 17.2 Å². The van der Waals surface area contributed by atoms with Crippen LogP contribution in [0.2, 0.25) is 0 Å². The lowest BCUT2D eigenvalue weighted by Crippen LogP contribution is -2.36. The molecule has 0 bridgehead atoms. The van der Waals surface area contributed by atoms with Gasteiger partial charge in [0.15, 0.2) is 0 Å². The maximum Gasteiger partial charge on any atom is 0.0625 e. The minimum atomic E-state index is 0.521. The van der Waals surface area contributed by atoms with Crippen molar-refractivity contribution in [3.63, 3.8) is 0 Å². The summed E-state index contributed by atoms with van der Waals surface area (Å²) in [6.07, 6.45) is 4.34. The highest BCUT2D eigenvalue weighted by atomic mass is 15.2. The van der Waals surface area contributed by atoms with Crippen LogP contribution >= 0.6 is 0 Å². The highest BCUT2D eigenvalue weighted by Gasteiger charge is 2.31. The maximum absolute atomic E-state index is 9.14. The molecular formula is C21H24N2. The largest absolute Gasteiger partial charge is 0.292 e. The van der Waals surface area contributed by atoms with Crippen LogP contribution in [0.3, 0.4) is 0 Å². The molecule has 2 aromatic rings. The van der Waals surface area contributed by atoms with Gasteiger partial charge in [-0.25, -0.2) is 0 Å². The molecule has 0 radical (unpaired) electrons. The van der Waals surface area contributed by atoms with Crippen molar-refractivity contribution >= 4 is 0 Å². The van der Waals surface area contributed by atoms with Crippen molar-refractivity contribution in [2.24, 2.45) is 5.92 Å². The summed E-state index contributed by atoms with van der Waals surface area (Å²) in [6.45, 7) is 1.92. The molecule has 0 N–H and O–H groups in total. The van der Waals surface area contributed by atoms with Gasteiger partial charge in [-0.3, -0.25) is 4.90 Å². The van der Waals surface area contributed by atoms with Crippen molar-refractivity contribution < 1.29 is 0 Å². The number of benzene rings is 2. The Morgan fingerprint density at radius 2 is 1.43 bits per heavy atom. The Bertz CT molecular complexity index is 588. The molecule has 0 spiro atoms. The van der Waals surface area contributed by atoms with E-state index in [9.17, 15) is 0 Å². The first-order valence-electron chi connectivity index (χ1n) is 8.55. The summed E-state index contributed by atoms with van der Waals surface area (Å²) in [4.78, 5) is 2.58. The summed E-state index contributed by atoms with van der Waals surface area (Å²) in [5, 5.41) is 9.14. The van der Waals surface area contributed by atoms with Crippen LogP contribution in [0.5, 0.6) is 0 Å². The Morgan fingerprint density at radius 1 is 0.870 bits per heavy atom. The van der Waals surface area contributed by atoms with E-state index in [4.69, 9.17) is 5.26 Å². The van der Waals surface area contributed by atoms with E-state index >= 15 is 0 Å². The third kappa shape index (κ3) is 4.21. The lowest BCUT2D eigenvalue weighted by Gasteiger charge is -2.32. The monoisotopic (exact) mass is 304 g/mol. The Morgan fingerprint density at radius 3 is 1.96 bits per heavy atom. The second kappa shape index (κ2) is 7.94. The number of nitriles is 1. The van der Waals surface area contributed by atoms with Crippen LogP contribution < -0.4 is 0 Å². The van der Waals surface area contributed by atoms with E-state index in [2.05, 4.69) is 71.6 Å². The minimum absolute atomic E-state index is 0.521. The van der Waals surface area contributed by atoms with E-state index in [1.807, 2.05) is 0 Å². The van der Waals surface area contributed by atoms with E-state index in [0.717, 1.165) is 13.1 Å². The molecule has 0 heterocycles. The number of nitrogens with zero attached hydrogens (tertiary/aromatic N) is 2. The number of rotatable bonds is 6. The fourth-order valence-corrected chi connectivity index (χ4v) is 3.78. The summed E-state index contributed by atoms with van der Waals surface area (Å²) in [6, 6.07) is 24.3. The molecular weight excluding hydrogens is 280 g/mol. The van der Waals surface area contributed by atoms with Crippen molar-refractivity contribution in [2.45, 2.75) is 44.8 Å². The zero-order valence-electron chi connectivity index (χ0n) is 13.6. The summed E-state index contributed by atoms with van der Waals surface area (Å²) in [5.41, 5.74) is 2.71. The molecule has 0 unspecified atom stereocenters. The normalized spacial score (nSPS) is 20.5. The topological polar surface area (TPSA) is 27.0 Å². The molecule has 0 aromatic heterocycles. The van der Waals surface area contributed by atoms with Gasteiger partial charge in [0.05, 0.1) is 6.07 Å². The summed E-state index contributed by atoms with van der Waals surface area (Å²) >= 11 is 0. The van der Waals surface area contributed by atoms with Crippen LogP contribution in [0.25, 0.3) is 0 Å². The third-order valence-corrected chi connectivity index (χ3v) is 4.90. The van der Waals surface area contributed by atoms with Crippen LogP contribution in [0.15, 0.2) is 60.7 Å². The fourth-order valence-electron chi connectivity index (χ4n) is 3.78. The molecule has 1 saturated carbocycles. The molecule has 3 rings (SSSR count). The van der Waals surface area contributed by atoms with E-state index in [1.54, 1.807) is 0 Å². The molecule has 2 aromatic carbocycles. The van der Waals surface area contributed by atoms with Gasteiger partial charge >= 0.3 is 0 Å². The van der Waals surface area contributed by atoms with Gasteiger partial charge < -0.3 is 0 Å². The molecule has 1 fully saturated rings. The lowest BCUT2D eigenvalue weighted by molar-refractivity contribution is 0.144. The summed E-state index contributed by atoms with van der Waals surface area (Å²) in [7, 11) is 0. The van der Waals surface area contributed by atoms with Gasteiger partial charge in [0.2, 0.25) is 0 Å². The predicted octanol–water partition coefficient (Wildman–Crippen LogP) is 4.77. The fraction of sp³-hybridized carbons (Fsp3) is 0.381. The SMILES string of the molecule is N#CC[C@@H]1CCC[C@@H]1N(Cc1ccccc1)Cc1ccccc1. The third-order valence-electron chi connectivity index (χ3n) is 4.90. The molecule has 23 heavy (non-hydrogen) atoms. The first-order chi connectivity index (χ1) is 11.4. The average Bonchev–Trinajstić information content (AvgIpc) is 3.05. The minimum Gasteiger partial charge on any atom is -0.292 e. The summed E-state index contributed by atoms with van der Waals surface area (Å²) < 4.78 is 0. The standard InChI is InChI=1S/C21H24N2/c22-15-14-20-12-7-13-21(20)23(16-18-8-3-1-4-9-18)17-19-10-5-2-6-11-19/h1-6,8-11,20-21H,7,12-14,16-17H2/t20-,21-/m0/s1. The highest BCUT2D eigenvalue weighted by molar-refractivity contribution is 5.17. The molecule has 1 aliphatic rings. The molecule has 2 heteroatoms. The van der Waals surface area contributed by atoms with Gasteiger partial charge in [0.1, 0.15) is 0 Å². The van der Waals surface area contributed by atoms with Gasteiger partial charge in [-0.1, -0.05) is 67.1 Å². The van der Waals surface area contributed by atoms with Gasteiger partial charge in [-0.05, 0) is 29.9 Å². The molecule has 1 aliphatic carbocycles. The zero-order valence-corrected chi connectivity index (χ0v) is 13.6. The van der Waals surface area contributed by atoms with Crippen LogP contribution in [-0.4, -0.2) is 10.9 Å². The quantitative estimate of drug-likeness (QED) is 0.768. The highest BCUT2D eigenvalue weighted by Crippen LogP contribution is 2.33. The van der Waals surface area contributed by atoms with E-state index < -0.39 is 0 Å². The zero-order chi connectivity index (χ0) is 15.9. The van der Waals surface area contributed by atoms with Crippen molar-refractivity contribution in [2.75, 3.05) is 0 Å². The van der Waals surface area contributed by atoms with Crippen molar-refractivity contribution in [3.05, 3.63) is 71.8 Å². The molecule has 0 saturated heterocycles. The second-order valence-electron chi connectivity index (χ2n) is 6.50. The van der Waals surface area contributed by atoms with Crippen LogP contribution in [0.1, 0.15) is 36.8 Å². The van der Waals surface area contributed by atoms with Gasteiger partial charge in [0, 0.05) is 25.6 Å². The Hall–Kier alpha value is -2.11. The van der Waals surface area contributed by atoms with Crippen LogP contribution in [-0.2, 0) is 13.1 Å². The van der Waals surface area contributed by atoms with Crippen LogP contribution in [0.4, 0.5) is 0 Å². The second-order valence-corrected chi connectivity index (χ2v) is 6.50. The Kier molecular flexibility index (Phi) is 5.45. The van der Waals surface area contributed by atoms with Crippen molar-refractivity contribution in [1.82, 2.24) is 4.90 Å². The maximum atomic E-state index is 9.14. The Balaban J connectivity index is 1.79. The molecule has 2 atom stereocenters. The molecule has 0 aliphatic heterocycles. The van der Waals surface area contributed by atoms with Gasteiger partial charge in [-0.2, -0.15) is 5.26 Å². The molecule has 118 valence electrons. The number of hydrogen-bond acceptors (Lipinski definition) is 2. The molecule has 2 nitrogen and oxygen atoms in total. The van der Waals surface area contributed by atoms with E-state index in [-0.39, 0.29) is 0 Å². The summed E-state index contributed by atoms with van der Waals surface area (Å²) in [5.74, 6) is 0.521. The van der Waals surface area contributed by atoms with Gasteiger partial charge in [-0.15, -0.1) is 0 Å². The Labute approximate surface area is 139 Å². The van der Waals surface area contributed by atoms with Gasteiger partial charge in [0.25, 0.3) is 0 Å². The predicted molar refractivity (Wildman–Crippen MR) is 93.5 cm³/mol. The first-order valence-corrected chi connectivity index (χ1v) is 8.55. The number of hydrogen-bond donors (Lipinski definition) is 0. The van der Waals surface area contributed by atoms with Crippen molar-refractivity contribution in [1.29, 1.82) is 5.26 Å².